The molecule has 30 heavy (non-hydrogen) atoms. The van der Waals surface area contributed by atoms with Crippen LogP contribution in [0.15, 0.2) is 41.3 Å². The molecule has 160 valence electrons. The number of ether oxygens (including phenoxy) is 2. The van der Waals surface area contributed by atoms with Crippen molar-refractivity contribution in [2.75, 3.05) is 18.5 Å². The Bertz CT molecular complexity index is 1050. The van der Waals surface area contributed by atoms with Gasteiger partial charge in [-0.25, -0.2) is 9.36 Å². The van der Waals surface area contributed by atoms with Crippen molar-refractivity contribution in [3.63, 3.8) is 0 Å². The van der Waals surface area contributed by atoms with Crippen LogP contribution in [0.1, 0.15) is 30.0 Å². The fourth-order valence-electron chi connectivity index (χ4n) is 3.06. The molecule has 0 fully saturated rings. The molecule has 0 saturated carbocycles. The quantitative estimate of drug-likeness (QED) is 0.535. The fourth-order valence-corrected chi connectivity index (χ4v) is 3.06. The highest BCUT2D eigenvalue weighted by molar-refractivity contribution is 6.02. The molecule has 1 aromatic carbocycles. The largest absolute Gasteiger partial charge is 0.351 e. The first kappa shape index (κ1) is 21.5. The summed E-state index contributed by atoms with van der Waals surface area (Å²) in [5, 5.41) is 10.5. The predicted molar refractivity (Wildman–Crippen MR) is 111 cm³/mol. The van der Waals surface area contributed by atoms with E-state index in [1.165, 1.54) is 15.6 Å². The van der Waals surface area contributed by atoms with Crippen molar-refractivity contribution in [3.05, 3.63) is 58.3 Å². The molecule has 0 unspecified atom stereocenters. The van der Waals surface area contributed by atoms with Crippen molar-refractivity contribution in [1.29, 1.82) is 0 Å². The predicted octanol–water partition coefficient (Wildman–Crippen LogP) is 1.73. The van der Waals surface area contributed by atoms with Crippen LogP contribution in [0.25, 0.3) is 5.69 Å². The summed E-state index contributed by atoms with van der Waals surface area (Å²) in [5.41, 5.74) is 1.29. The highest BCUT2D eigenvalue weighted by atomic mass is 16.7. The van der Waals surface area contributed by atoms with Crippen molar-refractivity contribution < 1.29 is 14.3 Å². The number of amides is 1. The van der Waals surface area contributed by atoms with E-state index in [1.54, 1.807) is 18.7 Å². The summed E-state index contributed by atoms with van der Waals surface area (Å²) in [6, 6.07) is 9.21. The highest BCUT2D eigenvalue weighted by Gasteiger charge is 2.21. The minimum absolute atomic E-state index is 0.0932. The van der Waals surface area contributed by atoms with Gasteiger partial charge in [0, 0.05) is 20.3 Å². The smallest absolute Gasteiger partial charge is 0.295 e. The SMILES string of the molecule is CCOC(Cn1cc(C(=O)Nc2c(C)n(C)n(-c3ccccc3)c2=O)nn1)OCC. The molecule has 0 aliphatic carbocycles. The Kier molecular flexibility index (Phi) is 6.80. The zero-order valence-electron chi connectivity index (χ0n) is 17.5. The molecule has 10 nitrogen and oxygen atoms in total. The van der Waals surface area contributed by atoms with Crippen LogP contribution in [0.5, 0.6) is 0 Å². The molecule has 1 amide bonds. The first-order valence-corrected chi connectivity index (χ1v) is 9.74. The third-order valence-corrected chi connectivity index (χ3v) is 4.61. The number of carbonyl (C=O) groups excluding carboxylic acids is 1. The third-order valence-electron chi connectivity index (χ3n) is 4.61. The molecule has 0 atom stereocenters. The number of carbonyl (C=O) groups is 1. The van der Waals surface area contributed by atoms with Crippen molar-refractivity contribution >= 4 is 11.6 Å². The van der Waals surface area contributed by atoms with Gasteiger partial charge < -0.3 is 14.8 Å². The van der Waals surface area contributed by atoms with E-state index >= 15 is 0 Å². The zero-order chi connectivity index (χ0) is 21.7. The van der Waals surface area contributed by atoms with Gasteiger partial charge in [0.25, 0.3) is 11.5 Å². The van der Waals surface area contributed by atoms with Gasteiger partial charge in [-0.2, -0.15) is 0 Å². The second kappa shape index (κ2) is 9.51. The van der Waals surface area contributed by atoms with Gasteiger partial charge in [-0.05, 0) is 32.9 Å². The van der Waals surface area contributed by atoms with Crippen LogP contribution in [0.3, 0.4) is 0 Å². The number of aromatic nitrogens is 5. The summed E-state index contributed by atoms with van der Waals surface area (Å²) in [7, 11) is 1.76. The summed E-state index contributed by atoms with van der Waals surface area (Å²) >= 11 is 0. The molecule has 0 saturated heterocycles. The zero-order valence-corrected chi connectivity index (χ0v) is 17.5. The van der Waals surface area contributed by atoms with Crippen LogP contribution in [0.2, 0.25) is 0 Å². The van der Waals surface area contributed by atoms with E-state index in [-0.39, 0.29) is 16.9 Å². The van der Waals surface area contributed by atoms with E-state index in [1.807, 2.05) is 44.2 Å². The van der Waals surface area contributed by atoms with Crippen molar-refractivity contribution in [1.82, 2.24) is 24.4 Å². The normalized spacial score (nSPS) is 11.2. The lowest BCUT2D eigenvalue weighted by Crippen LogP contribution is -2.24. The second-order valence-electron chi connectivity index (χ2n) is 6.56. The van der Waals surface area contributed by atoms with Gasteiger partial charge in [0.2, 0.25) is 0 Å². The van der Waals surface area contributed by atoms with Crippen LogP contribution in [0, 0.1) is 6.92 Å². The van der Waals surface area contributed by atoms with Gasteiger partial charge in [-0.3, -0.25) is 14.3 Å². The molecule has 2 aromatic heterocycles. The number of para-hydroxylation sites is 1. The Hall–Kier alpha value is -3.24. The van der Waals surface area contributed by atoms with Crippen LogP contribution in [-0.2, 0) is 23.1 Å². The molecular formula is C20H26N6O4. The lowest BCUT2D eigenvalue weighted by molar-refractivity contribution is -0.145. The number of hydrogen-bond acceptors (Lipinski definition) is 6. The molecular weight excluding hydrogens is 388 g/mol. The maximum Gasteiger partial charge on any atom is 0.295 e. The van der Waals surface area contributed by atoms with Crippen molar-refractivity contribution in [2.45, 2.75) is 33.6 Å². The van der Waals surface area contributed by atoms with Crippen molar-refractivity contribution in [3.8, 4) is 5.69 Å². The van der Waals surface area contributed by atoms with E-state index < -0.39 is 12.2 Å². The summed E-state index contributed by atoms with van der Waals surface area (Å²) < 4.78 is 15.6. The Labute approximate surface area is 174 Å². The van der Waals surface area contributed by atoms with Crippen molar-refractivity contribution in [2.24, 2.45) is 7.05 Å². The van der Waals surface area contributed by atoms with Crippen LogP contribution in [-0.4, -0.2) is 49.8 Å². The lowest BCUT2D eigenvalue weighted by atomic mass is 10.3. The maximum absolute atomic E-state index is 12.9. The molecule has 2 heterocycles. The van der Waals surface area contributed by atoms with Gasteiger partial charge >= 0.3 is 0 Å². The molecule has 0 radical (unpaired) electrons. The number of nitrogens with one attached hydrogen (secondary N) is 1. The maximum atomic E-state index is 12.9. The molecule has 1 N–H and O–H groups in total. The van der Waals surface area contributed by atoms with E-state index in [2.05, 4.69) is 15.6 Å². The topological polar surface area (TPSA) is 105 Å². The minimum Gasteiger partial charge on any atom is -0.351 e. The van der Waals surface area contributed by atoms with E-state index in [0.717, 1.165) is 0 Å². The first-order valence-electron chi connectivity index (χ1n) is 9.74. The molecule has 10 heteroatoms. The van der Waals surface area contributed by atoms with E-state index in [4.69, 9.17) is 9.47 Å². The van der Waals surface area contributed by atoms with Crippen LogP contribution >= 0.6 is 0 Å². The number of anilines is 1. The average Bonchev–Trinajstić information content (AvgIpc) is 3.28. The van der Waals surface area contributed by atoms with Crippen LogP contribution in [0.4, 0.5) is 5.69 Å². The standard InChI is InChI=1S/C20H26N6O4/c1-5-29-17(30-6-2)13-25-12-16(22-23-25)19(27)21-18-14(3)24(4)26(20(18)28)15-10-8-7-9-11-15/h7-12,17H,5-6,13H2,1-4H3,(H,21,27). The van der Waals surface area contributed by atoms with Gasteiger partial charge in [0.15, 0.2) is 12.0 Å². The second-order valence-corrected chi connectivity index (χ2v) is 6.56. The monoisotopic (exact) mass is 414 g/mol. The number of rotatable bonds is 9. The highest BCUT2D eigenvalue weighted by Crippen LogP contribution is 2.14. The van der Waals surface area contributed by atoms with Gasteiger partial charge in [0.05, 0.1) is 24.1 Å². The molecule has 3 rings (SSSR count). The Morgan fingerprint density at radius 2 is 1.83 bits per heavy atom. The summed E-state index contributed by atoms with van der Waals surface area (Å²) in [4.78, 5) is 25.6. The van der Waals surface area contributed by atoms with Gasteiger partial charge in [0.1, 0.15) is 5.69 Å². The van der Waals surface area contributed by atoms with Crippen LogP contribution < -0.4 is 10.9 Å². The summed E-state index contributed by atoms with van der Waals surface area (Å²) in [5.74, 6) is -0.517. The molecule has 3 aromatic rings. The van der Waals surface area contributed by atoms with Gasteiger partial charge in [-0.15, -0.1) is 5.10 Å². The first-order chi connectivity index (χ1) is 14.5. The Morgan fingerprint density at radius 3 is 2.47 bits per heavy atom. The number of benzene rings is 1. The number of hydrogen-bond donors (Lipinski definition) is 1. The fraction of sp³-hybridized carbons (Fsp3) is 0.400. The Morgan fingerprint density at radius 1 is 1.17 bits per heavy atom. The minimum atomic E-state index is -0.517. The molecule has 0 bridgehead atoms. The molecule has 0 spiro atoms. The lowest BCUT2D eigenvalue weighted by Gasteiger charge is -2.16. The molecule has 0 aliphatic rings. The third kappa shape index (κ3) is 4.50. The summed E-state index contributed by atoms with van der Waals surface area (Å²) in [6.45, 7) is 6.80. The molecule has 0 aliphatic heterocycles. The average molecular weight is 414 g/mol. The number of nitrogens with zero attached hydrogens (tertiary/aromatic N) is 5. The summed E-state index contributed by atoms with van der Waals surface area (Å²) in [6.07, 6.45) is 1.01. The van der Waals surface area contributed by atoms with E-state index in [0.29, 0.717) is 31.1 Å². The van der Waals surface area contributed by atoms with Gasteiger partial charge in [-0.1, -0.05) is 23.4 Å². The van der Waals surface area contributed by atoms with E-state index in [9.17, 15) is 9.59 Å². The Balaban J connectivity index is 1.79.